The van der Waals surface area contributed by atoms with Gasteiger partial charge in [-0.15, -0.1) is 0 Å². The first-order valence-electron chi connectivity index (χ1n) is 8.33. The predicted molar refractivity (Wildman–Crippen MR) is 94.0 cm³/mol. The average Bonchev–Trinajstić information content (AvgIpc) is 2.56. The molecule has 128 valence electrons. The van der Waals surface area contributed by atoms with E-state index in [1.54, 1.807) is 0 Å². The van der Waals surface area contributed by atoms with Gasteiger partial charge in [0.1, 0.15) is 12.4 Å². The molecule has 1 aliphatic rings. The topological polar surface area (TPSA) is 32.8 Å². The molecule has 0 aromatic heterocycles. The molecule has 1 aromatic carbocycles. The number of rotatable bonds is 6. The van der Waals surface area contributed by atoms with Gasteiger partial charge in [-0.3, -0.25) is 9.69 Å². The number of carbonyl (C=O) groups excluding carboxylic acids is 1. The lowest BCUT2D eigenvalue weighted by Gasteiger charge is -2.38. The Bertz CT molecular complexity index is 526. The van der Waals surface area contributed by atoms with Gasteiger partial charge in [0.25, 0.3) is 0 Å². The monoisotopic (exact) mass is 338 g/mol. The van der Waals surface area contributed by atoms with Crippen LogP contribution in [0.3, 0.4) is 0 Å². The molecule has 0 unspecified atom stereocenters. The van der Waals surface area contributed by atoms with Crippen LogP contribution in [0.15, 0.2) is 24.3 Å². The Morgan fingerprint density at radius 2 is 1.87 bits per heavy atom. The summed E-state index contributed by atoms with van der Waals surface area (Å²) in [7, 11) is 0. The van der Waals surface area contributed by atoms with Gasteiger partial charge in [0, 0.05) is 38.1 Å². The second-order valence-electron chi connectivity index (χ2n) is 6.65. The van der Waals surface area contributed by atoms with Crippen molar-refractivity contribution in [2.24, 2.45) is 5.41 Å². The summed E-state index contributed by atoms with van der Waals surface area (Å²) in [4.78, 5) is 16.8. The van der Waals surface area contributed by atoms with Crippen LogP contribution in [0.4, 0.5) is 0 Å². The van der Waals surface area contributed by atoms with Gasteiger partial charge in [-0.25, -0.2) is 0 Å². The van der Waals surface area contributed by atoms with Crippen LogP contribution in [0.1, 0.15) is 27.2 Å². The molecule has 0 saturated carbocycles. The number of benzene rings is 1. The third-order valence-corrected chi connectivity index (χ3v) is 4.94. The Morgan fingerprint density at radius 1 is 1.22 bits per heavy atom. The second-order valence-corrected chi connectivity index (χ2v) is 7.06. The molecule has 0 aliphatic carbocycles. The Hall–Kier alpha value is -1.26. The third kappa shape index (κ3) is 4.85. The van der Waals surface area contributed by atoms with Gasteiger partial charge in [-0.05, 0) is 18.6 Å². The first-order chi connectivity index (χ1) is 10.9. The van der Waals surface area contributed by atoms with E-state index in [9.17, 15) is 4.79 Å². The molecule has 1 aromatic rings. The number of para-hydroxylation sites is 1. The van der Waals surface area contributed by atoms with E-state index in [1.165, 1.54) is 0 Å². The van der Waals surface area contributed by atoms with Crippen molar-refractivity contribution in [1.82, 2.24) is 9.80 Å². The average molecular weight is 339 g/mol. The summed E-state index contributed by atoms with van der Waals surface area (Å²) in [6.07, 6.45) is 0.873. The zero-order valence-corrected chi connectivity index (χ0v) is 15.1. The Kier molecular flexibility index (Phi) is 6.31. The fourth-order valence-corrected chi connectivity index (χ4v) is 2.79. The van der Waals surface area contributed by atoms with Gasteiger partial charge < -0.3 is 9.64 Å². The highest BCUT2D eigenvalue weighted by Gasteiger charge is 2.31. The van der Waals surface area contributed by atoms with Gasteiger partial charge >= 0.3 is 0 Å². The lowest BCUT2D eigenvalue weighted by molar-refractivity contribution is -0.142. The van der Waals surface area contributed by atoms with Crippen molar-refractivity contribution in [2.75, 3.05) is 39.3 Å². The van der Waals surface area contributed by atoms with E-state index >= 15 is 0 Å². The van der Waals surface area contributed by atoms with Gasteiger partial charge in [-0.2, -0.15) is 0 Å². The Balaban J connectivity index is 1.73. The lowest BCUT2D eigenvalue weighted by atomic mass is 9.88. The van der Waals surface area contributed by atoms with Crippen molar-refractivity contribution in [3.05, 3.63) is 29.3 Å². The van der Waals surface area contributed by atoms with Crippen LogP contribution in [-0.4, -0.2) is 55.0 Å². The molecule has 23 heavy (non-hydrogen) atoms. The summed E-state index contributed by atoms with van der Waals surface area (Å²) in [5.41, 5.74) is -0.255. The van der Waals surface area contributed by atoms with Crippen LogP contribution in [0.25, 0.3) is 0 Å². The quantitative estimate of drug-likeness (QED) is 0.797. The fraction of sp³-hybridized carbons (Fsp3) is 0.611. The molecule has 5 heteroatoms. The van der Waals surface area contributed by atoms with Crippen LogP contribution in [0.5, 0.6) is 5.75 Å². The number of hydrogen-bond donors (Lipinski definition) is 0. The van der Waals surface area contributed by atoms with E-state index < -0.39 is 0 Å². The SMILES string of the molecule is CCC(C)(C)C(=O)N1CCN(CCOc2ccccc2Cl)CC1. The van der Waals surface area contributed by atoms with Gasteiger partial charge in [-0.1, -0.05) is 44.5 Å². The molecular formula is C18H27ClN2O2. The minimum absolute atomic E-state index is 0.255. The molecule has 1 saturated heterocycles. The highest BCUT2D eigenvalue weighted by Crippen LogP contribution is 2.24. The molecule has 1 heterocycles. The van der Waals surface area contributed by atoms with Crippen LogP contribution < -0.4 is 4.74 Å². The van der Waals surface area contributed by atoms with Gasteiger partial charge in [0.15, 0.2) is 0 Å². The van der Waals surface area contributed by atoms with E-state index in [-0.39, 0.29) is 11.3 Å². The summed E-state index contributed by atoms with van der Waals surface area (Å²) < 4.78 is 5.73. The number of hydrogen-bond acceptors (Lipinski definition) is 3. The second kappa shape index (κ2) is 8.02. The predicted octanol–water partition coefficient (Wildman–Crippen LogP) is 3.30. The first-order valence-corrected chi connectivity index (χ1v) is 8.71. The van der Waals surface area contributed by atoms with E-state index in [4.69, 9.17) is 16.3 Å². The number of halogens is 1. The van der Waals surface area contributed by atoms with Crippen molar-refractivity contribution in [1.29, 1.82) is 0 Å². The molecular weight excluding hydrogens is 312 g/mol. The smallest absolute Gasteiger partial charge is 0.228 e. The molecule has 2 rings (SSSR count). The maximum atomic E-state index is 12.5. The maximum absolute atomic E-state index is 12.5. The fourth-order valence-electron chi connectivity index (χ4n) is 2.60. The molecule has 0 atom stereocenters. The first kappa shape index (κ1) is 18.1. The van der Waals surface area contributed by atoms with Crippen LogP contribution in [-0.2, 0) is 4.79 Å². The van der Waals surface area contributed by atoms with Crippen molar-refractivity contribution in [2.45, 2.75) is 27.2 Å². The molecule has 0 radical (unpaired) electrons. The highest BCUT2D eigenvalue weighted by molar-refractivity contribution is 6.32. The summed E-state index contributed by atoms with van der Waals surface area (Å²) in [5.74, 6) is 1.000. The van der Waals surface area contributed by atoms with Gasteiger partial charge in [0.2, 0.25) is 5.91 Å². The van der Waals surface area contributed by atoms with Crippen LogP contribution in [0, 0.1) is 5.41 Å². The molecule has 0 bridgehead atoms. The molecule has 4 nitrogen and oxygen atoms in total. The van der Waals surface area contributed by atoms with E-state index in [0.717, 1.165) is 44.9 Å². The maximum Gasteiger partial charge on any atom is 0.228 e. The summed E-state index contributed by atoms with van der Waals surface area (Å²) in [6, 6.07) is 7.52. The van der Waals surface area contributed by atoms with Crippen LogP contribution >= 0.6 is 11.6 Å². The molecule has 1 amide bonds. The Labute approximate surface area is 144 Å². The number of nitrogens with zero attached hydrogens (tertiary/aromatic N) is 2. The normalized spacial score (nSPS) is 16.4. The largest absolute Gasteiger partial charge is 0.491 e. The zero-order valence-electron chi connectivity index (χ0n) is 14.3. The highest BCUT2D eigenvalue weighted by atomic mass is 35.5. The zero-order chi connectivity index (χ0) is 16.9. The molecule has 0 N–H and O–H groups in total. The van der Waals surface area contributed by atoms with Crippen molar-refractivity contribution < 1.29 is 9.53 Å². The van der Waals surface area contributed by atoms with E-state index in [2.05, 4.69) is 11.8 Å². The van der Waals surface area contributed by atoms with Crippen molar-refractivity contribution in [3.63, 3.8) is 0 Å². The standard InChI is InChI=1S/C18H27ClN2O2/c1-4-18(2,3)17(22)21-11-9-20(10-12-21)13-14-23-16-8-6-5-7-15(16)19/h5-8H,4,9-14H2,1-3H3. The minimum atomic E-state index is -0.255. The number of carbonyl (C=O) groups is 1. The molecule has 1 fully saturated rings. The number of ether oxygens (including phenoxy) is 1. The summed E-state index contributed by atoms with van der Waals surface area (Å²) in [6.45, 7) is 11.0. The van der Waals surface area contributed by atoms with E-state index in [0.29, 0.717) is 11.6 Å². The number of piperazine rings is 1. The third-order valence-electron chi connectivity index (χ3n) is 4.62. The van der Waals surface area contributed by atoms with Crippen LogP contribution in [0.2, 0.25) is 5.02 Å². The molecule has 0 spiro atoms. The van der Waals surface area contributed by atoms with E-state index in [1.807, 2.05) is 43.0 Å². The van der Waals surface area contributed by atoms with Crippen molar-refractivity contribution in [3.8, 4) is 5.75 Å². The summed E-state index contributed by atoms with van der Waals surface area (Å²) in [5, 5.41) is 0.643. The molecule has 1 aliphatic heterocycles. The summed E-state index contributed by atoms with van der Waals surface area (Å²) >= 11 is 6.07. The lowest BCUT2D eigenvalue weighted by Crippen LogP contribution is -2.52. The Morgan fingerprint density at radius 3 is 2.48 bits per heavy atom. The number of amides is 1. The van der Waals surface area contributed by atoms with Gasteiger partial charge in [0.05, 0.1) is 5.02 Å². The van der Waals surface area contributed by atoms with Crippen molar-refractivity contribution >= 4 is 17.5 Å². The minimum Gasteiger partial charge on any atom is -0.491 e.